The van der Waals surface area contributed by atoms with Gasteiger partial charge in [0, 0.05) is 6.42 Å². The Morgan fingerprint density at radius 3 is 1.92 bits per heavy atom. The van der Waals surface area contributed by atoms with E-state index in [1.54, 1.807) is 0 Å². The zero-order chi connectivity index (χ0) is 26.7. The first-order valence-corrected chi connectivity index (χ1v) is 13.0. The van der Waals surface area contributed by atoms with Gasteiger partial charge in [-0.2, -0.15) is 0 Å². The van der Waals surface area contributed by atoms with Crippen LogP contribution in [0.4, 0.5) is 0 Å². The van der Waals surface area contributed by atoms with E-state index in [1.165, 1.54) is 25.7 Å². The standard InChI is InChI=1S/C24H44O12/c1-2-3-4-5-6-7-8-9-10-11-17(28)34-21-20(31)18(29)15(12-25)33-23(21)36-24(14-27)22(32)19(30)16(13-26)35-24/h15-16,18-23,25-27,29-32H,2-14H2,1H3. The predicted molar refractivity (Wildman–Crippen MR) is 124 cm³/mol. The number of carbonyl (C=O) groups excluding carboxylic acids is 1. The van der Waals surface area contributed by atoms with Crippen molar-refractivity contribution in [1.82, 2.24) is 0 Å². The molecule has 0 aromatic carbocycles. The molecule has 0 aromatic rings. The zero-order valence-electron chi connectivity index (χ0n) is 21.0. The predicted octanol–water partition coefficient (Wildman–Crippen LogP) is -0.924. The van der Waals surface area contributed by atoms with E-state index < -0.39 is 80.6 Å². The lowest BCUT2D eigenvalue weighted by molar-refractivity contribution is -0.384. The monoisotopic (exact) mass is 524 g/mol. The minimum atomic E-state index is -2.28. The molecule has 2 saturated heterocycles. The number of rotatable bonds is 16. The van der Waals surface area contributed by atoms with Crippen LogP contribution < -0.4 is 0 Å². The van der Waals surface area contributed by atoms with Gasteiger partial charge in [-0.1, -0.05) is 58.3 Å². The van der Waals surface area contributed by atoms with Crippen LogP contribution in [0, 0.1) is 0 Å². The van der Waals surface area contributed by atoms with Crippen LogP contribution >= 0.6 is 0 Å². The summed E-state index contributed by atoms with van der Waals surface area (Å²) < 4.78 is 21.8. The van der Waals surface area contributed by atoms with E-state index in [0.29, 0.717) is 6.42 Å². The van der Waals surface area contributed by atoms with E-state index in [-0.39, 0.29) is 6.42 Å². The average molecular weight is 525 g/mol. The Balaban J connectivity index is 1.96. The first-order chi connectivity index (χ1) is 17.2. The van der Waals surface area contributed by atoms with Gasteiger partial charge in [-0.15, -0.1) is 0 Å². The van der Waals surface area contributed by atoms with Gasteiger partial charge in [0.1, 0.15) is 43.2 Å². The fourth-order valence-electron chi connectivity index (χ4n) is 4.53. The van der Waals surface area contributed by atoms with Crippen LogP contribution in [-0.2, 0) is 23.7 Å². The van der Waals surface area contributed by atoms with Crippen LogP contribution in [0.3, 0.4) is 0 Å². The minimum Gasteiger partial charge on any atom is -0.454 e. The van der Waals surface area contributed by atoms with Crippen LogP contribution in [0.2, 0.25) is 0 Å². The van der Waals surface area contributed by atoms with Crippen molar-refractivity contribution in [2.45, 2.75) is 126 Å². The molecule has 0 aliphatic carbocycles. The Kier molecular flexibility index (Phi) is 13.4. The lowest BCUT2D eigenvalue weighted by Crippen LogP contribution is -2.63. The van der Waals surface area contributed by atoms with Crippen molar-refractivity contribution in [1.29, 1.82) is 0 Å². The van der Waals surface area contributed by atoms with Crippen LogP contribution in [0.25, 0.3) is 0 Å². The van der Waals surface area contributed by atoms with E-state index in [4.69, 9.17) is 18.9 Å². The molecule has 0 saturated carbocycles. The summed E-state index contributed by atoms with van der Waals surface area (Å²) in [5, 5.41) is 70.1. The number of hydrogen-bond acceptors (Lipinski definition) is 12. The van der Waals surface area contributed by atoms with Crippen LogP contribution in [0.15, 0.2) is 0 Å². The molecule has 9 unspecified atom stereocenters. The lowest BCUT2D eigenvalue weighted by Gasteiger charge is -2.44. The molecule has 212 valence electrons. The second-order valence-electron chi connectivity index (χ2n) is 9.60. The summed E-state index contributed by atoms with van der Waals surface area (Å²) in [4.78, 5) is 12.5. The van der Waals surface area contributed by atoms with Crippen molar-refractivity contribution < 1.29 is 59.5 Å². The summed E-state index contributed by atoms with van der Waals surface area (Å²) in [6, 6.07) is 0. The molecule has 0 amide bonds. The third kappa shape index (κ3) is 8.03. The molecule has 2 fully saturated rings. The quantitative estimate of drug-likeness (QED) is 0.0970. The van der Waals surface area contributed by atoms with Crippen molar-refractivity contribution in [3.8, 4) is 0 Å². The first-order valence-electron chi connectivity index (χ1n) is 13.0. The highest BCUT2D eigenvalue weighted by molar-refractivity contribution is 5.69. The van der Waals surface area contributed by atoms with E-state index >= 15 is 0 Å². The Labute approximate surface area is 211 Å². The summed E-state index contributed by atoms with van der Waals surface area (Å²) in [5.41, 5.74) is 0. The molecule has 0 aromatic heterocycles. The third-order valence-corrected chi connectivity index (χ3v) is 6.80. The summed E-state index contributed by atoms with van der Waals surface area (Å²) >= 11 is 0. The number of esters is 1. The van der Waals surface area contributed by atoms with Crippen molar-refractivity contribution in [2.24, 2.45) is 0 Å². The maximum Gasteiger partial charge on any atom is 0.306 e. The van der Waals surface area contributed by atoms with Gasteiger partial charge in [0.2, 0.25) is 12.1 Å². The Hall–Kier alpha value is -0.930. The zero-order valence-corrected chi connectivity index (χ0v) is 21.0. The fourth-order valence-corrected chi connectivity index (χ4v) is 4.53. The van der Waals surface area contributed by atoms with Crippen molar-refractivity contribution in [3.05, 3.63) is 0 Å². The Bertz CT molecular complexity index is 636. The molecule has 7 N–H and O–H groups in total. The van der Waals surface area contributed by atoms with Gasteiger partial charge < -0.3 is 54.7 Å². The molecule has 12 heteroatoms. The van der Waals surface area contributed by atoms with E-state index in [1.807, 2.05) is 0 Å². The minimum absolute atomic E-state index is 0.0564. The fraction of sp³-hybridized carbons (Fsp3) is 0.958. The van der Waals surface area contributed by atoms with Crippen LogP contribution in [0.1, 0.15) is 71.1 Å². The number of aliphatic hydroxyl groups excluding tert-OH is 7. The van der Waals surface area contributed by atoms with Gasteiger partial charge in [-0.25, -0.2) is 0 Å². The van der Waals surface area contributed by atoms with E-state index in [9.17, 15) is 40.5 Å². The van der Waals surface area contributed by atoms with Crippen molar-refractivity contribution in [3.63, 3.8) is 0 Å². The molecule has 36 heavy (non-hydrogen) atoms. The SMILES string of the molecule is CCCCCCCCCCCC(=O)OC1C(OC2(CO)OC(CO)C(O)C2O)OC(CO)C(O)C1O. The molecule has 9 atom stereocenters. The topological polar surface area (TPSA) is 196 Å². The number of aliphatic hydroxyl groups is 7. The smallest absolute Gasteiger partial charge is 0.306 e. The van der Waals surface area contributed by atoms with Gasteiger partial charge in [-0.3, -0.25) is 4.79 Å². The second-order valence-corrected chi connectivity index (χ2v) is 9.60. The van der Waals surface area contributed by atoms with E-state index in [0.717, 1.165) is 25.7 Å². The Morgan fingerprint density at radius 1 is 0.806 bits per heavy atom. The highest BCUT2D eigenvalue weighted by Gasteiger charge is 2.59. The van der Waals surface area contributed by atoms with Crippen molar-refractivity contribution in [2.75, 3.05) is 19.8 Å². The Morgan fingerprint density at radius 2 is 1.39 bits per heavy atom. The summed E-state index contributed by atoms with van der Waals surface area (Å²) in [7, 11) is 0. The first kappa shape index (κ1) is 31.3. The number of ether oxygens (including phenoxy) is 4. The molecule has 0 spiro atoms. The molecule has 12 nitrogen and oxygen atoms in total. The number of unbranched alkanes of at least 4 members (excludes halogenated alkanes) is 8. The largest absolute Gasteiger partial charge is 0.454 e. The summed E-state index contributed by atoms with van der Waals surface area (Å²) in [6.45, 7) is -0.213. The maximum atomic E-state index is 12.5. The average Bonchev–Trinajstić information content (AvgIpc) is 3.12. The summed E-state index contributed by atoms with van der Waals surface area (Å²) in [6.07, 6.45) is -3.07. The lowest BCUT2D eigenvalue weighted by atomic mass is 9.98. The number of hydrogen-bond donors (Lipinski definition) is 7. The molecular weight excluding hydrogens is 480 g/mol. The number of carbonyl (C=O) groups is 1. The third-order valence-electron chi connectivity index (χ3n) is 6.80. The molecule has 2 aliphatic rings. The molecule has 0 bridgehead atoms. The van der Waals surface area contributed by atoms with Gasteiger partial charge in [0.25, 0.3) is 0 Å². The molecule has 2 heterocycles. The molecular formula is C24H44O12. The normalized spacial score (nSPS) is 36.8. The maximum absolute atomic E-state index is 12.5. The van der Waals surface area contributed by atoms with E-state index in [2.05, 4.69) is 6.92 Å². The van der Waals surface area contributed by atoms with Gasteiger partial charge in [0.15, 0.2) is 6.10 Å². The second kappa shape index (κ2) is 15.5. The van der Waals surface area contributed by atoms with Gasteiger partial charge >= 0.3 is 5.97 Å². The van der Waals surface area contributed by atoms with Crippen LogP contribution in [-0.4, -0.2) is 116 Å². The van der Waals surface area contributed by atoms with Crippen LogP contribution in [0.5, 0.6) is 0 Å². The highest BCUT2D eigenvalue weighted by Crippen LogP contribution is 2.36. The van der Waals surface area contributed by atoms with Crippen molar-refractivity contribution >= 4 is 5.97 Å². The molecule has 2 aliphatic heterocycles. The highest BCUT2D eigenvalue weighted by atomic mass is 16.8. The summed E-state index contributed by atoms with van der Waals surface area (Å²) in [5.74, 6) is -2.95. The molecule has 2 rings (SSSR count). The molecule has 0 radical (unpaired) electrons. The van der Waals surface area contributed by atoms with Gasteiger partial charge in [0.05, 0.1) is 13.2 Å². The van der Waals surface area contributed by atoms with Gasteiger partial charge in [-0.05, 0) is 6.42 Å².